The minimum Gasteiger partial charge on any atom is -0.379 e. The maximum atomic E-state index is 11.9. The molecule has 1 aliphatic heterocycles. The number of hydrogen-bond acceptors (Lipinski definition) is 3. The van der Waals surface area contributed by atoms with Crippen LogP contribution in [0.25, 0.3) is 0 Å². The molecule has 1 aromatic rings. The van der Waals surface area contributed by atoms with Crippen LogP contribution in [0.4, 0.5) is 0 Å². The van der Waals surface area contributed by atoms with E-state index in [-0.39, 0.29) is 5.91 Å². The van der Waals surface area contributed by atoms with Crippen molar-refractivity contribution in [2.75, 3.05) is 33.0 Å². The van der Waals surface area contributed by atoms with Crippen molar-refractivity contribution in [3.8, 4) is 0 Å². The number of morpholine rings is 1. The molecule has 1 N–H and O–H groups in total. The SMILES string of the molecule is CC(C)Cc1ccc(CCC(=O)NCN2CCOCC2)cc1. The Morgan fingerprint density at radius 2 is 1.82 bits per heavy atom. The number of aryl methyl sites for hydroxylation is 1. The van der Waals surface area contributed by atoms with Crippen molar-refractivity contribution in [2.45, 2.75) is 33.1 Å². The van der Waals surface area contributed by atoms with Crippen molar-refractivity contribution in [1.29, 1.82) is 0 Å². The number of nitrogens with zero attached hydrogens (tertiary/aromatic N) is 1. The van der Waals surface area contributed by atoms with Crippen molar-refractivity contribution < 1.29 is 9.53 Å². The van der Waals surface area contributed by atoms with Crippen LogP contribution < -0.4 is 5.32 Å². The maximum Gasteiger partial charge on any atom is 0.221 e. The lowest BCUT2D eigenvalue weighted by Crippen LogP contribution is -2.43. The molecule has 1 saturated heterocycles. The van der Waals surface area contributed by atoms with Crippen molar-refractivity contribution >= 4 is 5.91 Å². The smallest absolute Gasteiger partial charge is 0.221 e. The number of hydrogen-bond donors (Lipinski definition) is 1. The Morgan fingerprint density at radius 1 is 1.18 bits per heavy atom. The van der Waals surface area contributed by atoms with Gasteiger partial charge in [-0.2, -0.15) is 0 Å². The van der Waals surface area contributed by atoms with Crippen LogP contribution in [-0.2, 0) is 22.4 Å². The molecule has 22 heavy (non-hydrogen) atoms. The summed E-state index contributed by atoms with van der Waals surface area (Å²) in [4.78, 5) is 14.1. The zero-order valence-corrected chi connectivity index (χ0v) is 13.8. The largest absolute Gasteiger partial charge is 0.379 e. The van der Waals surface area contributed by atoms with Gasteiger partial charge in [-0.15, -0.1) is 0 Å². The van der Waals surface area contributed by atoms with Crippen LogP contribution in [-0.4, -0.2) is 43.8 Å². The van der Waals surface area contributed by atoms with Crippen molar-refractivity contribution in [3.63, 3.8) is 0 Å². The Labute approximate surface area is 133 Å². The van der Waals surface area contributed by atoms with Gasteiger partial charge in [0.1, 0.15) is 0 Å². The number of ether oxygens (including phenoxy) is 1. The summed E-state index contributed by atoms with van der Waals surface area (Å²) in [6.45, 7) is 8.42. The molecule has 0 unspecified atom stereocenters. The highest BCUT2D eigenvalue weighted by molar-refractivity contribution is 5.76. The van der Waals surface area contributed by atoms with Crippen LogP contribution >= 0.6 is 0 Å². The average Bonchev–Trinajstić information content (AvgIpc) is 2.53. The first kappa shape index (κ1) is 17.0. The molecule has 1 heterocycles. The molecule has 0 radical (unpaired) electrons. The predicted molar refractivity (Wildman–Crippen MR) is 88.7 cm³/mol. The molecule has 122 valence electrons. The number of carbonyl (C=O) groups is 1. The number of carbonyl (C=O) groups excluding carboxylic acids is 1. The lowest BCUT2D eigenvalue weighted by Gasteiger charge is -2.26. The number of benzene rings is 1. The van der Waals surface area contributed by atoms with Gasteiger partial charge in [-0.1, -0.05) is 38.1 Å². The molecule has 1 aromatic carbocycles. The summed E-state index contributed by atoms with van der Waals surface area (Å²) in [5, 5.41) is 2.99. The van der Waals surface area contributed by atoms with Crippen LogP contribution in [0, 0.1) is 5.92 Å². The summed E-state index contributed by atoms with van der Waals surface area (Å²) in [6.07, 6.45) is 2.46. The fraction of sp³-hybridized carbons (Fsp3) is 0.611. The van der Waals surface area contributed by atoms with Crippen molar-refractivity contribution in [3.05, 3.63) is 35.4 Å². The van der Waals surface area contributed by atoms with Crippen LogP contribution in [0.15, 0.2) is 24.3 Å². The molecule has 2 rings (SSSR count). The van der Waals surface area contributed by atoms with Gasteiger partial charge in [0.25, 0.3) is 0 Å². The van der Waals surface area contributed by atoms with Crippen molar-refractivity contribution in [1.82, 2.24) is 10.2 Å². The normalized spacial score (nSPS) is 16.0. The fourth-order valence-electron chi connectivity index (χ4n) is 2.62. The molecule has 4 nitrogen and oxygen atoms in total. The van der Waals surface area contributed by atoms with Gasteiger partial charge in [-0.3, -0.25) is 9.69 Å². The molecule has 1 aliphatic rings. The summed E-state index contributed by atoms with van der Waals surface area (Å²) < 4.78 is 5.29. The monoisotopic (exact) mass is 304 g/mol. The zero-order valence-electron chi connectivity index (χ0n) is 13.8. The molecule has 1 amide bonds. The number of nitrogens with one attached hydrogen (secondary N) is 1. The molecule has 1 fully saturated rings. The summed E-state index contributed by atoms with van der Waals surface area (Å²) >= 11 is 0. The van der Waals surface area contributed by atoms with E-state index in [1.807, 2.05) is 0 Å². The van der Waals surface area contributed by atoms with Gasteiger partial charge < -0.3 is 10.1 Å². The maximum absolute atomic E-state index is 11.9. The van der Waals surface area contributed by atoms with Crippen LogP contribution in [0.5, 0.6) is 0 Å². The Balaban J connectivity index is 1.67. The molecular formula is C18H28N2O2. The van der Waals surface area contributed by atoms with E-state index in [1.54, 1.807) is 0 Å². The summed E-state index contributed by atoms with van der Waals surface area (Å²) in [5.74, 6) is 0.801. The van der Waals surface area contributed by atoms with Gasteiger partial charge in [-0.05, 0) is 29.9 Å². The minimum absolute atomic E-state index is 0.123. The highest BCUT2D eigenvalue weighted by atomic mass is 16.5. The Hall–Kier alpha value is -1.39. The van der Waals surface area contributed by atoms with E-state index >= 15 is 0 Å². The van der Waals surface area contributed by atoms with E-state index in [0.717, 1.165) is 39.1 Å². The summed E-state index contributed by atoms with van der Waals surface area (Å²) in [6, 6.07) is 8.65. The average molecular weight is 304 g/mol. The Kier molecular flexibility index (Phi) is 6.87. The molecular weight excluding hydrogens is 276 g/mol. The van der Waals surface area contributed by atoms with Gasteiger partial charge in [0.15, 0.2) is 0 Å². The third-order valence-electron chi connectivity index (χ3n) is 3.91. The predicted octanol–water partition coefficient (Wildman–Crippen LogP) is 2.22. The molecule has 0 aromatic heterocycles. The highest BCUT2D eigenvalue weighted by Gasteiger charge is 2.11. The first-order chi connectivity index (χ1) is 10.6. The second-order valence-corrected chi connectivity index (χ2v) is 6.40. The van der Waals surface area contributed by atoms with Crippen LogP contribution in [0.3, 0.4) is 0 Å². The number of rotatable bonds is 7. The summed E-state index contributed by atoms with van der Waals surface area (Å²) in [7, 11) is 0. The lowest BCUT2D eigenvalue weighted by molar-refractivity contribution is -0.122. The van der Waals surface area contributed by atoms with Gasteiger partial charge in [0.05, 0.1) is 19.9 Å². The fourth-order valence-corrected chi connectivity index (χ4v) is 2.62. The molecule has 0 atom stereocenters. The van der Waals surface area contributed by atoms with Crippen molar-refractivity contribution in [2.24, 2.45) is 5.92 Å². The summed E-state index contributed by atoms with van der Waals surface area (Å²) in [5.41, 5.74) is 2.60. The van der Waals surface area contributed by atoms with E-state index in [2.05, 4.69) is 48.3 Å². The molecule has 0 aliphatic carbocycles. The zero-order chi connectivity index (χ0) is 15.8. The molecule has 0 saturated carbocycles. The number of amides is 1. The van der Waals surface area contributed by atoms with Gasteiger partial charge in [0.2, 0.25) is 5.91 Å². The van der Waals surface area contributed by atoms with Gasteiger partial charge in [-0.25, -0.2) is 0 Å². The minimum atomic E-state index is 0.123. The van der Waals surface area contributed by atoms with E-state index in [1.165, 1.54) is 11.1 Å². The third kappa shape index (κ3) is 6.16. The van der Waals surface area contributed by atoms with E-state index < -0.39 is 0 Å². The second kappa shape index (κ2) is 8.91. The quantitative estimate of drug-likeness (QED) is 0.840. The van der Waals surface area contributed by atoms with E-state index in [4.69, 9.17) is 4.74 Å². The van der Waals surface area contributed by atoms with Crippen LogP contribution in [0.1, 0.15) is 31.4 Å². The first-order valence-corrected chi connectivity index (χ1v) is 8.28. The molecule has 0 bridgehead atoms. The second-order valence-electron chi connectivity index (χ2n) is 6.40. The van der Waals surface area contributed by atoms with Gasteiger partial charge >= 0.3 is 0 Å². The Morgan fingerprint density at radius 3 is 2.45 bits per heavy atom. The van der Waals surface area contributed by atoms with E-state index in [0.29, 0.717) is 19.0 Å². The lowest BCUT2D eigenvalue weighted by atomic mass is 10.0. The van der Waals surface area contributed by atoms with Crippen LogP contribution in [0.2, 0.25) is 0 Å². The van der Waals surface area contributed by atoms with Gasteiger partial charge in [0, 0.05) is 19.5 Å². The standard InChI is InChI=1S/C18H28N2O2/c1-15(2)13-17-5-3-16(4-6-17)7-8-18(21)19-14-20-9-11-22-12-10-20/h3-6,15H,7-14H2,1-2H3,(H,19,21). The molecule has 0 spiro atoms. The first-order valence-electron chi connectivity index (χ1n) is 8.28. The third-order valence-corrected chi connectivity index (χ3v) is 3.91. The highest BCUT2D eigenvalue weighted by Crippen LogP contribution is 2.11. The Bertz CT molecular complexity index is 451. The van der Waals surface area contributed by atoms with E-state index in [9.17, 15) is 4.79 Å². The molecule has 4 heteroatoms. The topological polar surface area (TPSA) is 41.6 Å².